The van der Waals surface area contributed by atoms with E-state index < -0.39 is 11.6 Å². The number of halogens is 2. The molecule has 0 aliphatic carbocycles. The number of benzene rings is 1. The Hall–Kier alpha value is -2.67. The van der Waals surface area contributed by atoms with E-state index in [0.717, 1.165) is 0 Å². The lowest BCUT2D eigenvalue weighted by Crippen LogP contribution is -2.46. The number of aryl methyl sites for hydroxylation is 1. The van der Waals surface area contributed by atoms with Gasteiger partial charge in [0.1, 0.15) is 11.5 Å². The smallest absolute Gasteiger partial charge is 0.267 e. The van der Waals surface area contributed by atoms with Crippen LogP contribution in [0.25, 0.3) is 0 Å². The number of carbonyl (C=O) groups excluding carboxylic acids is 3. The normalized spacial score (nSPS) is 14.8. The second kappa shape index (κ2) is 8.14. The Morgan fingerprint density at radius 3 is 2.57 bits per heavy atom. The molecule has 2 N–H and O–H groups in total. The Morgan fingerprint density at radius 1 is 1.25 bits per heavy atom. The van der Waals surface area contributed by atoms with Crippen molar-refractivity contribution in [1.82, 2.24) is 15.2 Å². The van der Waals surface area contributed by atoms with E-state index in [4.69, 9.17) is 11.6 Å². The molecule has 1 saturated heterocycles. The summed E-state index contributed by atoms with van der Waals surface area (Å²) >= 11 is 6.00. The standard InChI is InChI=1S/C20H21ClFN3O3/c1-11-3-4-15(21)17(18(11)22)19(27)13-9-16(23-10-13)20(28)24-14-5-7-25(8-6-14)12(2)26/h3-4,9-10,14,23H,5-8H2,1-2H3,(H,24,28). The number of nitrogens with one attached hydrogen (secondary N) is 2. The topological polar surface area (TPSA) is 82.3 Å². The van der Waals surface area contributed by atoms with Crippen molar-refractivity contribution in [3.05, 3.63) is 57.6 Å². The molecule has 1 aromatic carbocycles. The van der Waals surface area contributed by atoms with E-state index in [1.165, 1.54) is 31.3 Å². The maximum atomic E-state index is 14.3. The summed E-state index contributed by atoms with van der Waals surface area (Å²) in [6.45, 7) is 4.27. The summed E-state index contributed by atoms with van der Waals surface area (Å²) in [6.07, 6.45) is 2.71. The molecule has 8 heteroatoms. The molecule has 1 aliphatic rings. The van der Waals surface area contributed by atoms with Gasteiger partial charge in [-0.2, -0.15) is 0 Å². The molecule has 0 saturated carbocycles. The molecule has 2 amide bonds. The molecule has 1 aromatic heterocycles. The van der Waals surface area contributed by atoms with Crippen molar-refractivity contribution in [2.75, 3.05) is 13.1 Å². The van der Waals surface area contributed by atoms with Gasteiger partial charge in [0.25, 0.3) is 5.91 Å². The first kappa shape index (κ1) is 20.1. The molecule has 1 aliphatic heterocycles. The van der Waals surface area contributed by atoms with E-state index in [9.17, 15) is 18.8 Å². The first-order chi connectivity index (χ1) is 13.3. The first-order valence-electron chi connectivity index (χ1n) is 9.02. The fraction of sp³-hybridized carbons (Fsp3) is 0.350. The zero-order valence-electron chi connectivity index (χ0n) is 15.6. The van der Waals surface area contributed by atoms with E-state index >= 15 is 0 Å². The SMILES string of the molecule is CC(=O)N1CCC(NC(=O)c2cc(C(=O)c3c(Cl)ccc(C)c3F)c[nH]2)CC1. The first-order valence-corrected chi connectivity index (χ1v) is 9.39. The third-order valence-electron chi connectivity index (χ3n) is 4.98. The number of hydrogen-bond donors (Lipinski definition) is 2. The molecule has 6 nitrogen and oxygen atoms in total. The summed E-state index contributed by atoms with van der Waals surface area (Å²) in [6, 6.07) is 4.32. The van der Waals surface area contributed by atoms with Crippen LogP contribution in [-0.2, 0) is 4.79 Å². The molecule has 3 rings (SSSR count). The summed E-state index contributed by atoms with van der Waals surface area (Å²) in [4.78, 5) is 41.0. The third-order valence-corrected chi connectivity index (χ3v) is 5.29. The van der Waals surface area contributed by atoms with Crippen molar-refractivity contribution in [2.45, 2.75) is 32.7 Å². The number of H-pyrrole nitrogens is 1. The molecule has 0 atom stereocenters. The van der Waals surface area contributed by atoms with Crippen LogP contribution in [0.3, 0.4) is 0 Å². The highest BCUT2D eigenvalue weighted by Gasteiger charge is 2.24. The van der Waals surface area contributed by atoms with Crippen molar-refractivity contribution in [3.8, 4) is 0 Å². The number of amides is 2. The quantitative estimate of drug-likeness (QED) is 0.767. The lowest BCUT2D eigenvalue weighted by molar-refractivity contribution is -0.129. The largest absolute Gasteiger partial charge is 0.356 e. The Morgan fingerprint density at radius 2 is 1.93 bits per heavy atom. The van der Waals surface area contributed by atoms with Crippen LogP contribution in [0.1, 0.15) is 51.7 Å². The van der Waals surface area contributed by atoms with Gasteiger partial charge in [-0.15, -0.1) is 0 Å². The van der Waals surface area contributed by atoms with E-state index in [1.807, 2.05) is 0 Å². The summed E-state index contributed by atoms with van der Waals surface area (Å²) in [7, 11) is 0. The number of piperidine rings is 1. The Balaban J connectivity index is 1.69. The monoisotopic (exact) mass is 405 g/mol. The van der Waals surface area contributed by atoms with Gasteiger partial charge in [-0.3, -0.25) is 14.4 Å². The molecule has 148 valence electrons. The zero-order valence-corrected chi connectivity index (χ0v) is 16.4. The highest BCUT2D eigenvalue weighted by atomic mass is 35.5. The molecule has 2 heterocycles. The Bertz CT molecular complexity index is 933. The molecular weight excluding hydrogens is 385 g/mol. The second-order valence-electron chi connectivity index (χ2n) is 6.94. The molecule has 0 unspecified atom stereocenters. The minimum absolute atomic E-state index is 0.0255. The minimum atomic E-state index is -0.665. The summed E-state index contributed by atoms with van der Waals surface area (Å²) in [5.74, 6) is -1.58. The Kier molecular flexibility index (Phi) is 5.84. The fourth-order valence-electron chi connectivity index (χ4n) is 3.27. The van der Waals surface area contributed by atoms with Gasteiger partial charge in [-0.1, -0.05) is 17.7 Å². The molecule has 1 fully saturated rings. The second-order valence-corrected chi connectivity index (χ2v) is 7.35. The number of likely N-dealkylation sites (tertiary alicyclic amines) is 1. The van der Waals surface area contributed by atoms with E-state index in [-0.39, 0.29) is 39.7 Å². The highest BCUT2D eigenvalue weighted by Crippen LogP contribution is 2.25. The summed E-state index contributed by atoms with van der Waals surface area (Å²) in [5.41, 5.74) is 0.479. The molecular formula is C20H21ClFN3O3. The number of ketones is 1. The average Bonchev–Trinajstić information content (AvgIpc) is 3.16. The lowest BCUT2D eigenvalue weighted by Gasteiger charge is -2.31. The van der Waals surface area contributed by atoms with Gasteiger partial charge in [0.2, 0.25) is 5.91 Å². The molecule has 0 radical (unpaired) electrons. The number of aromatic amines is 1. The highest BCUT2D eigenvalue weighted by molar-refractivity contribution is 6.35. The third kappa shape index (κ3) is 4.09. The van der Waals surface area contributed by atoms with Gasteiger partial charge in [0.15, 0.2) is 5.78 Å². The molecule has 2 aromatic rings. The number of aromatic nitrogens is 1. The lowest BCUT2D eigenvalue weighted by atomic mass is 10.0. The van der Waals surface area contributed by atoms with Crippen molar-refractivity contribution in [1.29, 1.82) is 0 Å². The van der Waals surface area contributed by atoms with Crippen molar-refractivity contribution < 1.29 is 18.8 Å². The van der Waals surface area contributed by atoms with Crippen LogP contribution >= 0.6 is 11.6 Å². The van der Waals surface area contributed by atoms with Gasteiger partial charge in [-0.25, -0.2) is 4.39 Å². The van der Waals surface area contributed by atoms with Gasteiger partial charge in [-0.05, 0) is 37.5 Å². The van der Waals surface area contributed by atoms with Crippen LogP contribution < -0.4 is 5.32 Å². The van der Waals surface area contributed by atoms with Crippen LogP contribution in [0.5, 0.6) is 0 Å². The molecule has 28 heavy (non-hydrogen) atoms. The average molecular weight is 406 g/mol. The summed E-state index contributed by atoms with van der Waals surface area (Å²) < 4.78 is 14.3. The number of carbonyl (C=O) groups is 3. The van der Waals surface area contributed by atoms with Crippen LogP contribution in [0.15, 0.2) is 24.4 Å². The van der Waals surface area contributed by atoms with Crippen molar-refractivity contribution in [3.63, 3.8) is 0 Å². The van der Waals surface area contributed by atoms with Crippen LogP contribution in [0.2, 0.25) is 5.02 Å². The van der Waals surface area contributed by atoms with Crippen molar-refractivity contribution >= 4 is 29.2 Å². The Labute approximate surface area is 167 Å². The minimum Gasteiger partial charge on any atom is -0.356 e. The van der Waals surface area contributed by atoms with E-state index in [2.05, 4.69) is 10.3 Å². The maximum absolute atomic E-state index is 14.3. The van der Waals surface area contributed by atoms with Crippen molar-refractivity contribution in [2.24, 2.45) is 0 Å². The molecule has 0 spiro atoms. The van der Waals surface area contributed by atoms with Crippen LogP contribution in [-0.4, -0.2) is 46.6 Å². The van der Waals surface area contributed by atoms with Crippen LogP contribution in [0.4, 0.5) is 4.39 Å². The van der Waals surface area contributed by atoms with Gasteiger partial charge < -0.3 is 15.2 Å². The van der Waals surface area contributed by atoms with E-state index in [1.54, 1.807) is 11.8 Å². The van der Waals surface area contributed by atoms with E-state index in [0.29, 0.717) is 31.5 Å². The zero-order chi connectivity index (χ0) is 20.4. The van der Waals surface area contributed by atoms with Crippen LogP contribution in [0, 0.1) is 12.7 Å². The number of nitrogens with zero attached hydrogens (tertiary/aromatic N) is 1. The molecule has 0 bridgehead atoms. The van der Waals surface area contributed by atoms with Gasteiger partial charge in [0, 0.05) is 37.8 Å². The predicted octanol–water partition coefficient (Wildman–Crippen LogP) is 3.09. The number of hydrogen-bond acceptors (Lipinski definition) is 3. The predicted molar refractivity (Wildman–Crippen MR) is 103 cm³/mol. The number of rotatable bonds is 4. The van der Waals surface area contributed by atoms with Gasteiger partial charge >= 0.3 is 0 Å². The van der Waals surface area contributed by atoms with Gasteiger partial charge in [0.05, 0.1) is 10.6 Å². The summed E-state index contributed by atoms with van der Waals surface area (Å²) in [5, 5.41) is 2.92. The fourth-order valence-corrected chi connectivity index (χ4v) is 3.50. The maximum Gasteiger partial charge on any atom is 0.267 e.